The van der Waals surface area contributed by atoms with Gasteiger partial charge < -0.3 is 19.5 Å². The van der Waals surface area contributed by atoms with Crippen molar-refractivity contribution in [3.63, 3.8) is 0 Å². The van der Waals surface area contributed by atoms with Crippen molar-refractivity contribution >= 4 is 6.09 Å². The molecule has 0 saturated carbocycles. The predicted molar refractivity (Wildman–Crippen MR) is 86.5 cm³/mol. The minimum atomic E-state index is -0.422. The summed E-state index contributed by atoms with van der Waals surface area (Å²) in [4.78, 5) is 11.1. The van der Waals surface area contributed by atoms with Crippen LogP contribution in [0.4, 0.5) is 4.79 Å². The van der Waals surface area contributed by atoms with Crippen molar-refractivity contribution in [2.45, 2.75) is 40.2 Å². The van der Waals surface area contributed by atoms with Crippen LogP contribution in [0.1, 0.15) is 34.1 Å². The van der Waals surface area contributed by atoms with Crippen molar-refractivity contribution in [1.82, 2.24) is 5.32 Å². The first kappa shape index (κ1) is 18.1. The molecule has 1 atom stereocenters. The monoisotopic (exact) mass is 309 g/mol. The van der Waals surface area contributed by atoms with Gasteiger partial charge in [0.15, 0.2) is 0 Å². The Bertz CT molecular complexity index is 431. The second-order valence-electron chi connectivity index (χ2n) is 5.53. The first-order valence-electron chi connectivity index (χ1n) is 7.81. The standard InChI is InChI=1S/C17H27NO4/c1-5-20-17(19)18-10-11-21-15-6-8-16(9-7-15)22-14(4)12-13(2)3/h6-9,13-14H,5,10-12H2,1-4H3,(H,18,19). The zero-order chi connectivity index (χ0) is 16.4. The van der Waals surface area contributed by atoms with Gasteiger partial charge in [-0.2, -0.15) is 0 Å². The molecule has 1 unspecified atom stereocenters. The highest BCUT2D eigenvalue weighted by Crippen LogP contribution is 2.20. The summed E-state index contributed by atoms with van der Waals surface area (Å²) in [5.74, 6) is 2.20. The van der Waals surface area contributed by atoms with Gasteiger partial charge in [-0.05, 0) is 50.5 Å². The third kappa shape index (κ3) is 7.76. The lowest BCUT2D eigenvalue weighted by Crippen LogP contribution is -2.28. The van der Waals surface area contributed by atoms with Gasteiger partial charge in [-0.25, -0.2) is 4.79 Å². The third-order valence-electron chi connectivity index (χ3n) is 2.88. The van der Waals surface area contributed by atoms with E-state index in [2.05, 4.69) is 26.1 Å². The quantitative estimate of drug-likeness (QED) is 0.708. The summed E-state index contributed by atoms with van der Waals surface area (Å²) >= 11 is 0. The molecule has 0 fully saturated rings. The first-order chi connectivity index (χ1) is 10.5. The van der Waals surface area contributed by atoms with Crippen LogP contribution in [0.2, 0.25) is 0 Å². The van der Waals surface area contributed by atoms with Gasteiger partial charge in [0.05, 0.1) is 19.3 Å². The molecule has 0 aliphatic rings. The molecular weight excluding hydrogens is 282 g/mol. The van der Waals surface area contributed by atoms with Crippen molar-refractivity contribution in [3.8, 4) is 11.5 Å². The van der Waals surface area contributed by atoms with Crippen LogP contribution in [0, 0.1) is 5.92 Å². The largest absolute Gasteiger partial charge is 0.492 e. The van der Waals surface area contributed by atoms with Crippen LogP contribution in [0.25, 0.3) is 0 Å². The summed E-state index contributed by atoms with van der Waals surface area (Å²) in [6.45, 7) is 9.37. The summed E-state index contributed by atoms with van der Waals surface area (Å²) < 4.78 is 16.1. The lowest BCUT2D eigenvalue weighted by molar-refractivity contribution is 0.150. The zero-order valence-electron chi connectivity index (χ0n) is 13.9. The number of rotatable bonds is 9. The molecule has 0 aliphatic heterocycles. The van der Waals surface area contributed by atoms with Crippen molar-refractivity contribution in [3.05, 3.63) is 24.3 Å². The lowest BCUT2D eigenvalue weighted by atomic mass is 10.1. The van der Waals surface area contributed by atoms with Crippen LogP contribution in [-0.2, 0) is 4.74 Å². The Morgan fingerprint density at radius 3 is 2.36 bits per heavy atom. The molecule has 0 radical (unpaired) electrons. The normalized spacial score (nSPS) is 11.9. The number of nitrogens with one attached hydrogen (secondary N) is 1. The van der Waals surface area contributed by atoms with E-state index in [0.717, 1.165) is 17.9 Å². The molecule has 0 spiro atoms. The third-order valence-corrected chi connectivity index (χ3v) is 2.88. The van der Waals surface area contributed by atoms with Crippen molar-refractivity contribution < 1.29 is 19.0 Å². The van der Waals surface area contributed by atoms with Gasteiger partial charge in [-0.15, -0.1) is 0 Å². The molecule has 0 aliphatic carbocycles. The van der Waals surface area contributed by atoms with Gasteiger partial charge >= 0.3 is 6.09 Å². The van der Waals surface area contributed by atoms with E-state index < -0.39 is 6.09 Å². The Hall–Kier alpha value is -1.91. The number of carbonyl (C=O) groups is 1. The fraction of sp³-hybridized carbons (Fsp3) is 0.588. The highest BCUT2D eigenvalue weighted by Gasteiger charge is 2.07. The van der Waals surface area contributed by atoms with E-state index in [0.29, 0.717) is 25.7 Å². The van der Waals surface area contributed by atoms with Gasteiger partial charge in [0.1, 0.15) is 18.1 Å². The smallest absolute Gasteiger partial charge is 0.407 e. The van der Waals surface area contributed by atoms with E-state index in [1.165, 1.54) is 0 Å². The maximum Gasteiger partial charge on any atom is 0.407 e. The second-order valence-corrected chi connectivity index (χ2v) is 5.53. The second kappa shape index (κ2) is 9.92. The van der Waals surface area contributed by atoms with Gasteiger partial charge in [0, 0.05) is 0 Å². The highest BCUT2D eigenvalue weighted by atomic mass is 16.5. The van der Waals surface area contributed by atoms with E-state index in [-0.39, 0.29) is 6.10 Å². The number of alkyl carbamates (subject to hydrolysis) is 1. The molecule has 1 aromatic rings. The van der Waals surface area contributed by atoms with Crippen molar-refractivity contribution in [1.29, 1.82) is 0 Å². The van der Waals surface area contributed by atoms with Gasteiger partial charge in [0.2, 0.25) is 0 Å². The molecule has 0 heterocycles. The number of ether oxygens (including phenoxy) is 3. The average Bonchev–Trinajstić information content (AvgIpc) is 2.44. The molecule has 5 heteroatoms. The Morgan fingerprint density at radius 1 is 1.14 bits per heavy atom. The Morgan fingerprint density at radius 2 is 1.77 bits per heavy atom. The zero-order valence-corrected chi connectivity index (χ0v) is 13.9. The molecule has 124 valence electrons. The van der Waals surface area contributed by atoms with E-state index in [4.69, 9.17) is 14.2 Å². The molecule has 1 aromatic carbocycles. The predicted octanol–water partition coefficient (Wildman–Crippen LogP) is 3.62. The molecular formula is C17H27NO4. The highest BCUT2D eigenvalue weighted by molar-refractivity contribution is 5.66. The SMILES string of the molecule is CCOC(=O)NCCOc1ccc(OC(C)CC(C)C)cc1. The summed E-state index contributed by atoms with van der Waals surface area (Å²) in [6.07, 6.45) is 0.798. The topological polar surface area (TPSA) is 56.8 Å². The molecule has 1 rings (SSSR count). The van der Waals surface area contributed by atoms with Crippen LogP contribution < -0.4 is 14.8 Å². The molecule has 5 nitrogen and oxygen atoms in total. The van der Waals surface area contributed by atoms with Crippen molar-refractivity contribution in [2.24, 2.45) is 5.92 Å². The number of hydrogen-bond donors (Lipinski definition) is 1. The van der Waals surface area contributed by atoms with Gasteiger partial charge in [0.25, 0.3) is 0 Å². The number of amides is 1. The summed E-state index contributed by atoms with van der Waals surface area (Å²) in [5.41, 5.74) is 0. The van der Waals surface area contributed by atoms with Gasteiger partial charge in [-0.3, -0.25) is 0 Å². The first-order valence-corrected chi connectivity index (χ1v) is 7.81. The van der Waals surface area contributed by atoms with Crippen LogP contribution >= 0.6 is 0 Å². The van der Waals surface area contributed by atoms with E-state index in [1.807, 2.05) is 24.3 Å². The summed E-state index contributed by atoms with van der Waals surface area (Å²) in [5, 5.41) is 2.60. The molecule has 0 saturated heterocycles. The van der Waals surface area contributed by atoms with Crippen LogP contribution in [0.5, 0.6) is 11.5 Å². The fourth-order valence-electron chi connectivity index (χ4n) is 2.06. The fourth-order valence-corrected chi connectivity index (χ4v) is 2.06. The summed E-state index contributed by atoms with van der Waals surface area (Å²) in [7, 11) is 0. The minimum absolute atomic E-state index is 0.195. The molecule has 1 amide bonds. The van der Waals surface area contributed by atoms with E-state index >= 15 is 0 Å². The average molecular weight is 309 g/mol. The minimum Gasteiger partial charge on any atom is -0.492 e. The van der Waals surface area contributed by atoms with Crippen LogP contribution in [0.3, 0.4) is 0 Å². The molecule has 22 heavy (non-hydrogen) atoms. The van der Waals surface area contributed by atoms with Gasteiger partial charge in [-0.1, -0.05) is 13.8 Å². The van der Waals surface area contributed by atoms with Crippen molar-refractivity contribution in [2.75, 3.05) is 19.8 Å². The number of carbonyl (C=O) groups excluding carboxylic acids is 1. The lowest BCUT2D eigenvalue weighted by Gasteiger charge is -2.16. The number of benzene rings is 1. The van der Waals surface area contributed by atoms with E-state index in [1.54, 1.807) is 6.92 Å². The van der Waals surface area contributed by atoms with Crippen LogP contribution in [-0.4, -0.2) is 32.0 Å². The number of hydrogen-bond acceptors (Lipinski definition) is 4. The Kier molecular flexibility index (Phi) is 8.18. The molecule has 0 aromatic heterocycles. The Balaban J connectivity index is 2.28. The molecule has 0 bridgehead atoms. The maximum absolute atomic E-state index is 11.1. The van der Waals surface area contributed by atoms with Crippen LogP contribution in [0.15, 0.2) is 24.3 Å². The Labute approximate surface area is 132 Å². The maximum atomic E-state index is 11.1. The van der Waals surface area contributed by atoms with E-state index in [9.17, 15) is 4.79 Å². The molecule has 1 N–H and O–H groups in total. The summed E-state index contributed by atoms with van der Waals surface area (Å²) in [6, 6.07) is 7.51.